The first-order valence-electron chi connectivity index (χ1n) is 10.0. The van der Waals surface area contributed by atoms with Gasteiger partial charge in [-0.3, -0.25) is 9.59 Å². The van der Waals surface area contributed by atoms with Gasteiger partial charge >= 0.3 is 0 Å². The summed E-state index contributed by atoms with van der Waals surface area (Å²) >= 11 is 0. The molecule has 2 aliphatic heterocycles. The first-order chi connectivity index (χ1) is 13.6. The van der Waals surface area contributed by atoms with Crippen molar-refractivity contribution in [3.05, 3.63) is 59.7 Å². The number of para-hydroxylation sites is 1. The summed E-state index contributed by atoms with van der Waals surface area (Å²) in [5.41, 5.74) is 2.09. The number of hydrogen-bond acceptors (Lipinski definition) is 3. The molecule has 2 heterocycles. The van der Waals surface area contributed by atoms with Crippen LogP contribution in [0.1, 0.15) is 42.7 Å². The van der Waals surface area contributed by atoms with Crippen LogP contribution in [0, 0.1) is 18.8 Å². The second-order valence-corrected chi connectivity index (χ2v) is 8.23. The van der Waals surface area contributed by atoms with E-state index < -0.39 is 11.6 Å². The SMILES string of the molecule is Cc1cccc(NC(=O)[C@H]2C(=O)N[C@]34CCCC[C@H]3[C@H]2c2ccccc2O4)c1. The average molecular weight is 376 g/mol. The number of carbonyl (C=O) groups excluding carboxylic acids is 2. The predicted molar refractivity (Wildman–Crippen MR) is 106 cm³/mol. The number of carbonyl (C=O) groups is 2. The molecule has 0 radical (unpaired) electrons. The minimum Gasteiger partial charge on any atom is -0.467 e. The molecule has 1 saturated heterocycles. The van der Waals surface area contributed by atoms with Crippen molar-refractivity contribution >= 4 is 17.5 Å². The summed E-state index contributed by atoms with van der Waals surface area (Å²) in [6.07, 6.45) is 3.86. The first kappa shape index (κ1) is 17.3. The normalized spacial score (nSPS) is 30.3. The van der Waals surface area contributed by atoms with Crippen LogP contribution in [0.25, 0.3) is 0 Å². The molecule has 2 aromatic carbocycles. The highest BCUT2D eigenvalue weighted by Gasteiger charge is 2.60. The van der Waals surface area contributed by atoms with E-state index >= 15 is 0 Å². The minimum absolute atomic E-state index is 0.113. The summed E-state index contributed by atoms with van der Waals surface area (Å²) in [5, 5.41) is 6.08. The Kier molecular flexibility index (Phi) is 3.93. The third-order valence-corrected chi connectivity index (χ3v) is 6.46. The number of ether oxygens (including phenoxy) is 1. The number of hydrogen-bond donors (Lipinski definition) is 2. The van der Waals surface area contributed by atoms with E-state index in [1.54, 1.807) is 0 Å². The zero-order chi connectivity index (χ0) is 19.3. The Balaban J connectivity index is 1.55. The number of nitrogens with one attached hydrogen (secondary N) is 2. The summed E-state index contributed by atoms with van der Waals surface area (Å²) in [6.45, 7) is 1.98. The van der Waals surface area contributed by atoms with Gasteiger partial charge in [0, 0.05) is 23.9 Å². The van der Waals surface area contributed by atoms with Crippen LogP contribution in [-0.4, -0.2) is 17.5 Å². The lowest BCUT2D eigenvalue weighted by Gasteiger charge is -2.55. The molecule has 2 fully saturated rings. The molecule has 1 aliphatic carbocycles. The Morgan fingerprint density at radius 3 is 2.89 bits per heavy atom. The Bertz CT molecular complexity index is 956. The number of amides is 2. The Hall–Kier alpha value is -2.82. The number of rotatable bonds is 2. The van der Waals surface area contributed by atoms with E-state index in [0.717, 1.165) is 48.2 Å². The summed E-state index contributed by atoms with van der Waals surface area (Å²) in [4.78, 5) is 26.4. The van der Waals surface area contributed by atoms with Gasteiger partial charge in [0.15, 0.2) is 5.72 Å². The van der Waals surface area contributed by atoms with Gasteiger partial charge in [0.05, 0.1) is 0 Å². The molecular weight excluding hydrogens is 352 g/mol. The Morgan fingerprint density at radius 2 is 2.04 bits per heavy atom. The maximum absolute atomic E-state index is 13.3. The molecule has 2 aromatic rings. The van der Waals surface area contributed by atoms with Crippen molar-refractivity contribution in [3.8, 4) is 5.75 Å². The molecule has 2 bridgehead atoms. The third kappa shape index (κ3) is 2.60. The van der Waals surface area contributed by atoms with E-state index in [1.165, 1.54) is 0 Å². The average Bonchev–Trinajstić information content (AvgIpc) is 2.67. The lowest BCUT2D eigenvalue weighted by molar-refractivity contribution is -0.160. The van der Waals surface area contributed by atoms with Gasteiger partial charge < -0.3 is 15.4 Å². The minimum atomic E-state index is -0.762. The van der Waals surface area contributed by atoms with Crippen molar-refractivity contribution in [2.24, 2.45) is 11.8 Å². The number of fused-ring (bicyclic) bond motifs is 2. The van der Waals surface area contributed by atoms with Gasteiger partial charge in [-0.2, -0.15) is 0 Å². The van der Waals surface area contributed by atoms with Crippen LogP contribution >= 0.6 is 0 Å². The standard InChI is InChI=1S/C23H24N2O3/c1-14-7-6-8-15(13-14)24-21(26)20-19-16-9-2-3-11-18(16)28-23(25-22(20)27)12-5-4-10-17(19)23/h2-3,6-9,11,13,17,19-20H,4-5,10,12H2,1H3,(H,24,26)(H,25,27)/t17-,19+,20-,23-/m0/s1. The molecule has 2 N–H and O–H groups in total. The van der Waals surface area contributed by atoms with Crippen molar-refractivity contribution in [1.29, 1.82) is 0 Å². The molecule has 1 saturated carbocycles. The molecule has 3 aliphatic rings. The summed E-state index contributed by atoms with van der Waals surface area (Å²) in [6, 6.07) is 15.5. The lowest BCUT2D eigenvalue weighted by Crippen LogP contribution is -2.69. The number of anilines is 1. The topological polar surface area (TPSA) is 67.4 Å². The molecule has 0 aromatic heterocycles. The zero-order valence-corrected chi connectivity index (χ0v) is 15.9. The number of piperidine rings is 1. The van der Waals surface area contributed by atoms with Gasteiger partial charge in [-0.1, -0.05) is 36.8 Å². The second kappa shape index (κ2) is 6.36. The van der Waals surface area contributed by atoms with Crippen LogP contribution in [0.15, 0.2) is 48.5 Å². The molecule has 2 amide bonds. The Labute approximate surface area is 164 Å². The molecule has 28 heavy (non-hydrogen) atoms. The van der Waals surface area contributed by atoms with Crippen molar-refractivity contribution in [3.63, 3.8) is 0 Å². The monoisotopic (exact) mass is 376 g/mol. The zero-order valence-electron chi connectivity index (χ0n) is 15.9. The summed E-state index contributed by atoms with van der Waals surface area (Å²) < 4.78 is 6.36. The highest BCUT2D eigenvalue weighted by molar-refractivity contribution is 6.08. The Morgan fingerprint density at radius 1 is 1.18 bits per heavy atom. The van der Waals surface area contributed by atoms with Crippen LogP contribution < -0.4 is 15.4 Å². The van der Waals surface area contributed by atoms with Gasteiger partial charge in [0.25, 0.3) is 0 Å². The maximum Gasteiger partial charge on any atom is 0.237 e. The maximum atomic E-state index is 13.3. The lowest BCUT2D eigenvalue weighted by atomic mass is 9.62. The molecule has 5 heteroatoms. The molecule has 4 atom stereocenters. The highest BCUT2D eigenvalue weighted by Crippen LogP contribution is 2.55. The molecule has 0 unspecified atom stereocenters. The van der Waals surface area contributed by atoms with E-state index in [-0.39, 0.29) is 23.7 Å². The van der Waals surface area contributed by atoms with Crippen LogP contribution in [0.5, 0.6) is 5.75 Å². The third-order valence-electron chi connectivity index (χ3n) is 6.46. The van der Waals surface area contributed by atoms with Gasteiger partial charge in [-0.25, -0.2) is 0 Å². The van der Waals surface area contributed by atoms with E-state index in [2.05, 4.69) is 10.6 Å². The molecular formula is C23H24N2O3. The first-order valence-corrected chi connectivity index (χ1v) is 10.0. The van der Waals surface area contributed by atoms with E-state index in [9.17, 15) is 9.59 Å². The van der Waals surface area contributed by atoms with Crippen molar-refractivity contribution in [2.75, 3.05) is 5.32 Å². The molecule has 144 valence electrons. The fourth-order valence-electron chi connectivity index (χ4n) is 5.30. The molecule has 5 rings (SSSR count). The van der Waals surface area contributed by atoms with Gasteiger partial charge in [-0.05, 0) is 49.1 Å². The smallest absolute Gasteiger partial charge is 0.237 e. The van der Waals surface area contributed by atoms with Gasteiger partial charge in [-0.15, -0.1) is 0 Å². The van der Waals surface area contributed by atoms with Crippen LogP contribution in [0.3, 0.4) is 0 Å². The van der Waals surface area contributed by atoms with Crippen LogP contribution in [0.2, 0.25) is 0 Å². The van der Waals surface area contributed by atoms with E-state index in [0.29, 0.717) is 0 Å². The second-order valence-electron chi connectivity index (χ2n) is 8.23. The largest absolute Gasteiger partial charge is 0.467 e. The van der Waals surface area contributed by atoms with E-state index in [4.69, 9.17) is 4.74 Å². The number of benzene rings is 2. The summed E-state index contributed by atoms with van der Waals surface area (Å²) in [7, 11) is 0. The fraction of sp³-hybridized carbons (Fsp3) is 0.391. The van der Waals surface area contributed by atoms with Crippen LogP contribution in [-0.2, 0) is 9.59 Å². The van der Waals surface area contributed by atoms with Crippen molar-refractivity contribution in [2.45, 2.75) is 44.2 Å². The summed E-state index contributed by atoms with van der Waals surface area (Å²) in [5.74, 6) is -0.501. The van der Waals surface area contributed by atoms with Crippen molar-refractivity contribution < 1.29 is 14.3 Å². The predicted octanol–water partition coefficient (Wildman–Crippen LogP) is 3.74. The van der Waals surface area contributed by atoms with Crippen molar-refractivity contribution in [1.82, 2.24) is 5.32 Å². The van der Waals surface area contributed by atoms with Gasteiger partial charge in [0.2, 0.25) is 11.8 Å². The molecule has 0 spiro atoms. The van der Waals surface area contributed by atoms with Crippen LogP contribution in [0.4, 0.5) is 5.69 Å². The quantitative estimate of drug-likeness (QED) is 0.785. The van der Waals surface area contributed by atoms with E-state index in [1.807, 2.05) is 55.5 Å². The number of aryl methyl sites for hydroxylation is 1. The fourth-order valence-corrected chi connectivity index (χ4v) is 5.30. The van der Waals surface area contributed by atoms with Gasteiger partial charge in [0.1, 0.15) is 11.7 Å². The molecule has 5 nitrogen and oxygen atoms in total. The highest BCUT2D eigenvalue weighted by atomic mass is 16.5.